The summed E-state index contributed by atoms with van der Waals surface area (Å²) in [7, 11) is 0. The van der Waals surface area contributed by atoms with Gasteiger partial charge in [-0.1, -0.05) is 6.92 Å². The molecule has 1 amide bonds. The van der Waals surface area contributed by atoms with E-state index in [1.807, 2.05) is 13.0 Å². The second-order valence-electron chi connectivity index (χ2n) is 5.91. The van der Waals surface area contributed by atoms with Crippen LogP contribution in [0.25, 0.3) is 0 Å². The van der Waals surface area contributed by atoms with Gasteiger partial charge in [0.25, 0.3) is 5.91 Å². The summed E-state index contributed by atoms with van der Waals surface area (Å²) < 4.78 is 11.3. The number of ether oxygens (including phenoxy) is 2. The molecule has 0 bridgehead atoms. The Labute approximate surface area is 150 Å². The van der Waals surface area contributed by atoms with Gasteiger partial charge in [0.15, 0.2) is 11.5 Å². The molecule has 0 aromatic heterocycles. The third-order valence-electron chi connectivity index (χ3n) is 4.05. The van der Waals surface area contributed by atoms with Gasteiger partial charge < -0.3 is 20.1 Å². The monoisotopic (exact) mass is 356 g/mol. The SMILES string of the molecule is CCCOc1ccc(C(=O)NC2CCCNC2C)cc1OCC.Cl. The lowest BCUT2D eigenvalue weighted by molar-refractivity contribution is 0.0919. The molecule has 2 N–H and O–H groups in total. The van der Waals surface area contributed by atoms with E-state index in [9.17, 15) is 4.79 Å². The molecule has 6 heteroatoms. The molecular formula is C18H29ClN2O3. The van der Waals surface area contributed by atoms with Crippen LogP contribution >= 0.6 is 12.4 Å². The highest BCUT2D eigenvalue weighted by Gasteiger charge is 2.23. The van der Waals surface area contributed by atoms with Gasteiger partial charge in [-0.25, -0.2) is 0 Å². The van der Waals surface area contributed by atoms with Gasteiger partial charge in [-0.3, -0.25) is 4.79 Å². The zero-order valence-corrected chi connectivity index (χ0v) is 15.6. The van der Waals surface area contributed by atoms with E-state index in [-0.39, 0.29) is 24.4 Å². The number of nitrogens with one attached hydrogen (secondary N) is 2. The lowest BCUT2D eigenvalue weighted by atomic mass is 9.99. The summed E-state index contributed by atoms with van der Waals surface area (Å²) in [6, 6.07) is 5.85. The van der Waals surface area contributed by atoms with Gasteiger partial charge in [-0.2, -0.15) is 0 Å². The Hall–Kier alpha value is -1.46. The first kappa shape index (κ1) is 20.6. The predicted molar refractivity (Wildman–Crippen MR) is 98.6 cm³/mol. The van der Waals surface area contributed by atoms with Gasteiger partial charge in [0.05, 0.1) is 13.2 Å². The van der Waals surface area contributed by atoms with Gasteiger partial charge in [0.2, 0.25) is 0 Å². The molecule has 0 radical (unpaired) electrons. The first-order chi connectivity index (χ1) is 11.2. The largest absolute Gasteiger partial charge is 0.490 e. The second-order valence-corrected chi connectivity index (χ2v) is 5.91. The van der Waals surface area contributed by atoms with Gasteiger partial charge in [-0.05, 0) is 57.9 Å². The van der Waals surface area contributed by atoms with Crippen LogP contribution in [-0.4, -0.2) is 37.7 Å². The van der Waals surface area contributed by atoms with Crippen LogP contribution in [0.2, 0.25) is 0 Å². The Kier molecular flexibility index (Phi) is 8.93. The molecule has 5 nitrogen and oxygen atoms in total. The highest BCUT2D eigenvalue weighted by Crippen LogP contribution is 2.28. The Morgan fingerprint density at radius 1 is 1.29 bits per heavy atom. The smallest absolute Gasteiger partial charge is 0.251 e. The fourth-order valence-corrected chi connectivity index (χ4v) is 2.74. The molecule has 2 rings (SSSR count). The van der Waals surface area contributed by atoms with Crippen LogP contribution in [0.15, 0.2) is 18.2 Å². The number of hydrogen-bond donors (Lipinski definition) is 2. The van der Waals surface area contributed by atoms with Crippen LogP contribution in [0, 0.1) is 0 Å². The highest BCUT2D eigenvalue weighted by molar-refractivity contribution is 5.95. The van der Waals surface area contributed by atoms with Gasteiger partial charge in [0, 0.05) is 17.6 Å². The van der Waals surface area contributed by atoms with Gasteiger partial charge in [-0.15, -0.1) is 12.4 Å². The summed E-state index contributed by atoms with van der Waals surface area (Å²) in [6.45, 7) is 8.28. The number of amides is 1. The first-order valence-corrected chi connectivity index (χ1v) is 8.59. The molecule has 1 fully saturated rings. The van der Waals surface area contributed by atoms with Crippen molar-refractivity contribution >= 4 is 18.3 Å². The van der Waals surface area contributed by atoms with Crippen molar-refractivity contribution in [3.63, 3.8) is 0 Å². The summed E-state index contributed by atoms with van der Waals surface area (Å²) in [4.78, 5) is 12.5. The molecular weight excluding hydrogens is 328 g/mol. The number of piperidine rings is 1. The fraction of sp³-hybridized carbons (Fsp3) is 0.611. The van der Waals surface area contributed by atoms with Crippen molar-refractivity contribution in [3.05, 3.63) is 23.8 Å². The average molecular weight is 357 g/mol. The summed E-state index contributed by atoms with van der Waals surface area (Å²) in [5, 5.41) is 6.51. The van der Waals surface area contributed by atoms with E-state index in [1.165, 1.54) is 0 Å². The Balaban J connectivity index is 0.00000288. The summed E-state index contributed by atoms with van der Waals surface area (Å²) in [5.74, 6) is 1.26. The zero-order valence-electron chi connectivity index (χ0n) is 14.8. The van der Waals surface area contributed by atoms with Crippen LogP contribution in [-0.2, 0) is 0 Å². The van der Waals surface area contributed by atoms with Crippen molar-refractivity contribution in [2.45, 2.75) is 52.1 Å². The van der Waals surface area contributed by atoms with Crippen molar-refractivity contribution in [1.29, 1.82) is 0 Å². The highest BCUT2D eigenvalue weighted by atomic mass is 35.5. The van der Waals surface area contributed by atoms with Gasteiger partial charge in [0.1, 0.15) is 0 Å². The van der Waals surface area contributed by atoms with Crippen molar-refractivity contribution in [2.75, 3.05) is 19.8 Å². The molecule has 1 aromatic rings. The molecule has 0 aliphatic carbocycles. The molecule has 1 saturated heterocycles. The van der Waals surface area contributed by atoms with Crippen LogP contribution in [0.5, 0.6) is 11.5 Å². The standard InChI is InChI=1S/C18H28N2O3.ClH/c1-4-11-23-16-9-8-14(12-17(16)22-5-2)18(21)20-15-7-6-10-19-13(15)3;/h8-9,12-13,15,19H,4-7,10-11H2,1-3H3,(H,20,21);1H. The Morgan fingerprint density at radius 3 is 2.75 bits per heavy atom. The van der Waals surface area contributed by atoms with Crippen LogP contribution < -0.4 is 20.1 Å². The lowest BCUT2D eigenvalue weighted by Gasteiger charge is -2.30. The number of hydrogen-bond acceptors (Lipinski definition) is 4. The minimum absolute atomic E-state index is 0. The first-order valence-electron chi connectivity index (χ1n) is 8.59. The van der Waals surface area contributed by atoms with E-state index < -0.39 is 0 Å². The minimum atomic E-state index is -0.0615. The van der Waals surface area contributed by atoms with Crippen LogP contribution in [0.4, 0.5) is 0 Å². The van der Waals surface area contributed by atoms with Crippen LogP contribution in [0.1, 0.15) is 50.4 Å². The quantitative estimate of drug-likeness (QED) is 0.787. The molecule has 1 aromatic carbocycles. The Morgan fingerprint density at radius 2 is 2.08 bits per heavy atom. The van der Waals surface area contributed by atoms with E-state index in [0.29, 0.717) is 36.3 Å². The molecule has 0 spiro atoms. The number of carbonyl (C=O) groups excluding carboxylic acids is 1. The van der Waals surface area contributed by atoms with Crippen LogP contribution in [0.3, 0.4) is 0 Å². The number of benzene rings is 1. The number of rotatable bonds is 7. The molecule has 0 saturated carbocycles. The fourth-order valence-electron chi connectivity index (χ4n) is 2.74. The van der Waals surface area contributed by atoms with E-state index in [4.69, 9.17) is 9.47 Å². The topological polar surface area (TPSA) is 59.6 Å². The molecule has 1 aliphatic heterocycles. The summed E-state index contributed by atoms with van der Waals surface area (Å²) in [5.41, 5.74) is 0.607. The van der Waals surface area contributed by atoms with E-state index in [0.717, 1.165) is 25.8 Å². The lowest BCUT2D eigenvalue weighted by Crippen LogP contribution is -2.51. The molecule has 2 atom stereocenters. The van der Waals surface area contributed by atoms with Crippen molar-refractivity contribution in [2.24, 2.45) is 0 Å². The Bertz CT molecular complexity index is 525. The summed E-state index contributed by atoms with van der Waals surface area (Å²) >= 11 is 0. The second kappa shape index (κ2) is 10.4. The maximum absolute atomic E-state index is 12.5. The molecule has 1 heterocycles. The van der Waals surface area contributed by atoms with Crippen molar-refractivity contribution in [3.8, 4) is 11.5 Å². The summed E-state index contributed by atoms with van der Waals surface area (Å²) in [6.07, 6.45) is 3.03. The third kappa shape index (κ3) is 5.56. The van der Waals surface area contributed by atoms with Crippen molar-refractivity contribution in [1.82, 2.24) is 10.6 Å². The van der Waals surface area contributed by atoms with E-state index >= 15 is 0 Å². The predicted octanol–water partition coefficient (Wildman–Crippen LogP) is 3.17. The maximum atomic E-state index is 12.5. The molecule has 2 unspecified atom stereocenters. The minimum Gasteiger partial charge on any atom is -0.490 e. The van der Waals surface area contributed by atoms with E-state index in [2.05, 4.69) is 24.5 Å². The van der Waals surface area contributed by atoms with E-state index in [1.54, 1.807) is 12.1 Å². The third-order valence-corrected chi connectivity index (χ3v) is 4.05. The zero-order chi connectivity index (χ0) is 16.7. The van der Waals surface area contributed by atoms with Gasteiger partial charge >= 0.3 is 0 Å². The molecule has 1 aliphatic rings. The molecule has 24 heavy (non-hydrogen) atoms. The number of carbonyl (C=O) groups is 1. The van der Waals surface area contributed by atoms with Crippen molar-refractivity contribution < 1.29 is 14.3 Å². The molecule has 136 valence electrons. The normalized spacial score (nSPS) is 20.0. The number of halogens is 1. The maximum Gasteiger partial charge on any atom is 0.251 e. The average Bonchev–Trinajstić information content (AvgIpc) is 2.56.